The highest BCUT2D eigenvalue weighted by Gasteiger charge is 2.16. The predicted molar refractivity (Wildman–Crippen MR) is 65.5 cm³/mol. The molecule has 2 nitrogen and oxygen atoms in total. The van der Waals surface area contributed by atoms with Gasteiger partial charge in [0.25, 0.3) is 0 Å². The molecular weight excluding hydrogens is 198 g/mol. The maximum absolute atomic E-state index is 5.69. The standard InChI is InChI=1S/C14H13NO/c15-12-6-4-10(5-7-12)13-3-1-2-11-8-9-16-14(11)13/h1-7H,8-9,15H2. The third kappa shape index (κ3) is 1.43. The molecule has 16 heavy (non-hydrogen) atoms. The van der Waals surface area contributed by atoms with Crippen LogP contribution >= 0.6 is 0 Å². The van der Waals surface area contributed by atoms with Gasteiger partial charge >= 0.3 is 0 Å². The fourth-order valence-electron chi connectivity index (χ4n) is 2.11. The average Bonchev–Trinajstić information content (AvgIpc) is 2.78. The number of ether oxygens (including phenoxy) is 1. The summed E-state index contributed by atoms with van der Waals surface area (Å²) in [6, 6.07) is 14.2. The van der Waals surface area contributed by atoms with Crippen LogP contribution in [0.25, 0.3) is 11.1 Å². The minimum Gasteiger partial charge on any atom is -0.492 e. The van der Waals surface area contributed by atoms with E-state index in [0.29, 0.717) is 0 Å². The van der Waals surface area contributed by atoms with Crippen molar-refractivity contribution in [3.8, 4) is 16.9 Å². The van der Waals surface area contributed by atoms with Crippen molar-refractivity contribution in [1.29, 1.82) is 0 Å². The molecule has 1 heterocycles. The van der Waals surface area contributed by atoms with Crippen LogP contribution in [-0.2, 0) is 6.42 Å². The zero-order valence-corrected chi connectivity index (χ0v) is 8.94. The summed E-state index contributed by atoms with van der Waals surface area (Å²) in [5.74, 6) is 1.03. The van der Waals surface area contributed by atoms with Gasteiger partial charge in [-0.05, 0) is 23.3 Å². The Kier molecular flexibility index (Phi) is 2.07. The Balaban J connectivity index is 2.13. The van der Waals surface area contributed by atoms with Crippen molar-refractivity contribution in [2.75, 3.05) is 12.3 Å². The molecule has 2 heteroatoms. The van der Waals surface area contributed by atoms with Gasteiger partial charge in [0, 0.05) is 17.7 Å². The number of anilines is 1. The van der Waals surface area contributed by atoms with Crippen LogP contribution in [0.1, 0.15) is 5.56 Å². The SMILES string of the molecule is Nc1ccc(-c2cccc3c2OCC3)cc1. The van der Waals surface area contributed by atoms with E-state index < -0.39 is 0 Å². The molecule has 0 aromatic heterocycles. The lowest BCUT2D eigenvalue weighted by molar-refractivity contribution is 0.358. The summed E-state index contributed by atoms with van der Waals surface area (Å²) < 4.78 is 5.68. The molecule has 0 amide bonds. The Morgan fingerprint density at radius 2 is 1.81 bits per heavy atom. The van der Waals surface area contributed by atoms with Crippen LogP contribution in [0.15, 0.2) is 42.5 Å². The van der Waals surface area contributed by atoms with Gasteiger partial charge < -0.3 is 10.5 Å². The van der Waals surface area contributed by atoms with Crippen molar-refractivity contribution in [3.63, 3.8) is 0 Å². The molecule has 0 saturated carbocycles. The van der Waals surface area contributed by atoms with E-state index in [2.05, 4.69) is 18.2 Å². The van der Waals surface area contributed by atoms with Gasteiger partial charge in [-0.3, -0.25) is 0 Å². The number of nitrogen functional groups attached to an aromatic ring is 1. The van der Waals surface area contributed by atoms with Crippen molar-refractivity contribution in [2.45, 2.75) is 6.42 Å². The van der Waals surface area contributed by atoms with Crippen LogP contribution < -0.4 is 10.5 Å². The van der Waals surface area contributed by atoms with Crippen LogP contribution in [0.5, 0.6) is 5.75 Å². The quantitative estimate of drug-likeness (QED) is 0.736. The number of hydrogen-bond acceptors (Lipinski definition) is 2. The Labute approximate surface area is 94.7 Å². The predicted octanol–water partition coefficient (Wildman–Crippen LogP) is 2.87. The van der Waals surface area contributed by atoms with E-state index >= 15 is 0 Å². The molecule has 3 rings (SSSR count). The highest BCUT2D eigenvalue weighted by molar-refractivity contribution is 5.73. The minimum absolute atomic E-state index is 0.789. The zero-order valence-electron chi connectivity index (χ0n) is 8.94. The van der Waals surface area contributed by atoms with Crippen LogP contribution in [-0.4, -0.2) is 6.61 Å². The van der Waals surface area contributed by atoms with Gasteiger partial charge in [-0.1, -0.05) is 30.3 Å². The second kappa shape index (κ2) is 3.56. The molecule has 1 aliphatic rings. The summed E-state index contributed by atoms with van der Waals surface area (Å²) in [7, 11) is 0. The third-order valence-corrected chi connectivity index (χ3v) is 2.94. The van der Waals surface area contributed by atoms with E-state index in [0.717, 1.165) is 35.6 Å². The highest BCUT2D eigenvalue weighted by Crippen LogP contribution is 2.36. The number of para-hydroxylation sites is 1. The van der Waals surface area contributed by atoms with Gasteiger partial charge in [0.05, 0.1) is 6.61 Å². The third-order valence-electron chi connectivity index (χ3n) is 2.94. The van der Waals surface area contributed by atoms with Crippen molar-refractivity contribution >= 4 is 5.69 Å². The molecule has 80 valence electrons. The van der Waals surface area contributed by atoms with E-state index in [1.807, 2.05) is 24.3 Å². The molecule has 0 radical (unpaired) electrons. The van der Waals surface area contributed by atoms with Gasteiger partial charge in [0.2, 0.25) is 0 Å². The molecular formula is C14H13NO. The maximum Gasteiger partial charge on any atom is 0.130 e. The van der Waals surface area contributed by atoms with Crippen LogP contribution in [0.2, 0.25) is 0 Å². The second-order valence-electron chi connectivity index (χ2n) is 4.01. The monoisotopic (exact) mass is 211 g/mol. The molecule has 2 aromatic rings. The Bertz CT molecular complexity index is 517. The first-order valence-electron chi connectivity index (χ1n) is 5.45. The second-order valence-corrected chi connectivity index (χ2v) is 4.01. The van der Waals surface area contributed by atoms with Crippen molar-refractivity contribution in [2.24, 2.45) is 0 Å². The number of hydrogen-bond donors (Lipinski definition) is 1. The molecule has 0 aliphatic carbocycles. The van der Waals surface area contributed by atoms with Gasteiger partial charge in [-0.2, -0.15) is 0 Å². The van der Waals surface area contributed by atoms with Crippen LogP contribution in [0, 0.1) is 0 Å². The molecule has 0 unspecified atom stereocenters. The smallest absolute Gasteiger partial charge is 0.130 e. The molecule has 0 saturated heterocycles. The summed E-state index contributed by atoms with van der Waals surface area (Å²) in [6.07, 6.45) is 1.01. The summed E-state index contributed by atoms with van der Waals surface area (Å²) in [5.41, 5.74) is 10.1. The summed E-state index contributed by atoms with van der Waals surface area (Å²) >= 11 is 0. The number of fused-ring (bicyclic) bond motifs is 1. The maximum atomic E-state index is 5.69. The lowest BCUT2D eigenvalue weighted by Crippen LogP contribution is -1.89. The summed E-state index contributed by atoms with van der Waals surface area (Å²) in [5, 5.41) is 0. The van der Waals surface area contributed by atoms with E-state index in [1.54, 1.807) is 0 Å². The lowest BCUT2D eigenvalue weighted by Gasteiger charge is -2.08. The Hall–Kier alpha value is -1.96. The van der Waals surface area contributed by atoms with Gasteiger partial charge in [0.1, 0.15) is 5.75 Å². The van der Waals surface area contributed by atoms with E-state index in [4.69, 9.17) is 10.5 Å². The van der Waals surface area contributed by atoms with Crippen molar-refractivity contribution in [1.82, 2.24) is 0 Å². The Morgan fingerprint density at radius 1 is 1.00 bits per heavy atom. The summed E-state index contributed by atoms with van der Waals surface area (Å²) in [6.45, 7) is 0.793. The first-order valence-corrected chi connectivity index (χ1v) is 5.45. The van der Waals surface area contributed by atoms with E-state index in [-0.39, 0.29) is 0 Å². The molecule has 0 fully saturated rings. The van der Waals surface area contributed by atoms with Gasteiger partial charge in [0.15, 0.2) is 0 Å². The first kappa shape index (κ1) is 9.28. The van der Waals surface area contributed by atoms with Crippen molar-refractivity contribution in [3.05, 3.63) is 48.0 Å². The molecule has 0 spiro atoms. The molecule has 0 atom stereocenters. The van der Waals surface area contributed by atoms with Crippen molar-refractivity contribution < 1.29 is 4.74 Å². The topological polar surface area (TPSA) is 35.2 Å². The highest BCUT2D eigenvalue weighted by atomic mass is 16.5. The number of benzene rings is 2. The number of rotatable bonds is 1. The lowest BCUT2D eigenvalue weighted by atomic mass is 10.0. The largest absolute Gasteiger partial charge is 0.492 e. The van der Waals surface area contributed by atoms with Gasteiger partial charge in [-0.25, -0.2) is 0 Å². The Morgan fingerprint density at radius 3 is 2.62 bits per heavy atom. The minimum atomic E-state index is 0.789. The molecule has 0 bridgehead atoms. The van der Waals surface area contributed by atoms with E-state index in [1.165, 1.54) is 5.56 Å². The fourth-order valence-corrected chi connectivity index (χ4v) is 2.11. The fraction of sp³-hybridized carbons (Fsp3) is 0.143. The normalized spacial score (nSPS) is 13.2. The summed E-state index contributed by atoms with van der Waals surface area (Å²) in [4.78, 5) is 0. The molecule has 2 N–H and O–H groups in total. The average molecular weight is 211 g/mol. The zero-order chi connectivity index (χ0) is 11.0. The van der Waals surface area contributed by atoms with E-state index in [9.17, 15) is 0 Å². The first-order chi connectivity index (χ1) is 7.84. The van der Waals surface area contributed by atoms with Gasteiger partial charge in [-0.15, -0.1) is 0 Å². The van der Waals surface area contributed by atoms with Crippen LogP contribution in [0.3, 0.4) is 0 Å². The molecule has 1 aliphatic heterocycles. The number of nitrogens with two attached hydrogens (primary N) is 1. The van der Waals surface area contributed by atoms with Crippen LogP contribution in [0.4, 0.5) is 5.69 Å². The molecule has 2 aromatic carbocycles.